The molecule has 2 aromatic carbocycles. The molecule has 0 aliphatic heterocycles. The highest BCUT2D eigenvalue weighted by molar-refractivity contribution is 7.99. The number of benzene rings is 2. The number of hydrogen-bond acceptors (Lipinski definition) is 3. The molecule has 0 aromatic heterocycles. The number of thioether (sulfide) groups is 1. The van der Waals surface area contributed by atoms with Gasteiger partial charge in [-0.25, -0.2) is 0 Å². The Morgan fingerprint density at radius 1 is 1.00 bits per heavy atom. The summed E-state index contributed by atoms with van der Waals surface area (Å²) in [6.45, 7) is 8.66. The zero-order valence-corrected chi connectivity index (χ0v) is 20.1. The summed E-state index contributed by atoms with van der Waals surface area (Å²) < 4.78 is 0. The smallest absolute Gasteiger partial charge is 0.243 e. The van der Waals surface area contributed by atoms with Gasteiger partial charge in [0.05, 0.1) is 5.75 Å². The fourth-order valence-corrected chi connectivity index (χ4v) is 4.43. The number of amides is 2. The molecule has 0 fully saturated rings. The lowest BCUT2D eigenvalue weighted by molar-refractivity contribution is -0.139. The quantitative estimate of drug-likeness (QED) is 0.506. The van der Waals surface area contributed by atoms with Crippen molar-refractivity contribution < 1.29 is 9.59 Å². The molecule has 0 heterocycles. The Hall–Kier alpha value is -2.27. The van der Waals surface area contributed by atoms with Crippen molar-refractivity contribution in [2.24, 2.45) is 0 Å². The van der Waals surface area contributed by atoms with Crippen LogP contribution in [0.5, 0.6) is 0 Å². The number of aryl methyl sites for hydroxylation is 1. The van der Waals surface area contributed by atoms with Crippen LogP contribution < -0.4 is 5.32 Å². The van der Waals surface area contributed by atoms with Crippen LogP contribution in [-0.4, -0.2) is 41.1 Å². The van der Waals surface area contributed by atoms with Gasteiger partial charge in [0.1, 0.15) is 6.04 Å². The van der Waals surface area contributed by atoms with Crippen molar-refractivity contribution in [1.82, 2.24) is 10.2 Å². The molecule has 0 aliphatic carbocycles. The first-order chi connectivity index (χ1) is 15.0. The summed E-state index contributed by atoms with van der Waals surface area (Å²) in [6, 6.07) is 18.1. The second-order valence-corrected chi connectivity index (χ2v) is 8.97. The van der Waals surface area contributed by atoms with Gasteiger partial charge in [0.15, 0.2) is 0 Å². The van der Waals surface area contributed by atoms with E-state index < -0.39 is 6.04 Å². The Kier molecular flexibility index (Phi) is 10.6. The maximum Gasteiger partial charge on any atom is 0.243 e. The standard InChI is InChI=1S/C26H36N2O2S/c1-5-21(4)27-26(30)24(6-2)28(17-16-22-13-8-7-9-14-22)25(29)19-31-18-23-15-11-10-12-20(23)3/h7-15,21,24H,5-6,16-19H2,1-4H3,(H,27,30)/t21-,24+/m1/s1. The van der Waals surface area contributed by atoms with Crippen LogP contribution in [-0.2, 0) is 21.8 Å². The maximum absolute atomic E-state index is 13.2. The molecule has 2 amide bonds. The lowest BCUT2D eigenvalue weighted by Crippen LogP contribution is -2.52. The van der Waals surface area contributed by atoms with E-state index in [1.54, 1.807) is 16.7 Å². The molecular formula is C26H36N2O2S. The highest BCUT2D eigenvalue weighted by Crippen LogP contribution is 2.18. The Morgan fingerprint density at radius 2 is 1.68 bits per heavy atom. The minimum Gasteiger partial charge on any atom is -0.352 e. The van der Waals surface area contributed by atoms with Crippen LogP contribution in [0.15, 0.2) is 54.6 Å². The van der Waals surface area contributed by atoms with E-state index in [-0.39, 0.29) is 17.9 Å². The van der Waals surface area contributed by atoms with Gasteiger partial charge >= 0.3 is 0 Å². The van der Waals surface area contributed by atoms with Gasteiger partial charge in [-0.05, 0) is 49.8 Å². The van der Waals surface area contributed by atoms with Crippen molar-refractivity contribution in [3.8, 4) is 0 Å². The highest BCUT2D eigenvalue weighted by atomic mass is 32.2. The van der Waals surface area contributed by atoms with Crippen LogP contribution in [0.1, 0.15) is 50.3 Å². The first-order valence-electron chi connectivity index (χ1n) is 11.2. The van der Waals surface area contributed by atoms with Gasteiger partial charge < -0.3 is 10.2 Å². The van der Waals surface area contributed by atoms with E-state index in [1.807, 2.05) is 51.1 Å². The second-order valence-electron chi connectivity index (χ2n) is 7.98. The number of nitrogens with one attached hydrogen (secondary N) is 1. The predicted molar refractivity (Wildman–Crippen MR) is 131 cm³/mol. The van der Waals surface area contributed by atoms with Gasteiger partial charge in [0, 0.05) is 18.3 Å². The molecule has 1 N–H and O–H groups in total. The van der Waals surface area contributed by atoms with Crippen molar-refractivity contribution >= 4 is 23.6 Å². The minimum atomic E-state index is -0.440. The first-order valence-corrected chi connectivity index (χ1v) is 12.4. The van der Waals surface area contributed by atoms with E-state index in [9.17, 15) is 9.59 Å². The molecule has 168 valence electrons. The summed E-state index contributed by atoms with van der Waals surface area (Å²) in [5.74, 6) is 1.14. The average Bonchev–Trinajstić information content (AvgIpc) is 2.78. The molecule has 31 heavy (non-hydrogen) atoms. The zero-order valence-electron chi connectivity index (χ0n) is 19.3. The number of hydrogen-bond donors (Lipinski definition) is 1. The van der Waals surface area contributed by atoms with Gasteiger partial charge in [-0.15, -0.1) is 11.8 Å². The molecule has 0 bridgehead atoms. The lowest BCUT2D eigenvalue weighted by Gasteiger charge is -2.31. The zero-order chi connectivity index (χ0) is 22.6. The summed E-state index contributed by atoms with van der Waals surface area (Å²) in [4.78, 5) is 27.9. The van der Waals surface area contributed by atoms with E-state index in [4.69, 9.17) is 0 Å². The molecule has 0 unspecified atom stereocenters. The van der Waals surface area contributed by atoms with E-state index in [0.29, 0.717) is 18.7 Å². The van der Waals surface area contributed by atoms with Crippen molar-refractivity contribution in [3.63, 3.8) is 0 Å². The summed E-state index contributed by atoms with van der Waals surface area (Å²) in [5, 5.41) is 3.06. The molecule has 2 atom stereocenters. The van der Waals surface area contributed by atoms with Crippen molar-refractivity contribution in [2.75, 3.05) is 12.3 Å². The number of nitrogens with zero attached hydrogens (tertiary/aromatic N) is 1. The molecule has 2 rings (SSSR count). The predicted octanol–water partition coefficient (Wildman–Crippen LogP) is 4.99. The van der Waals surface area contributed by atoms with Crippen LogP contribution >= 0.6 is 11.8 Å². The topological polar surface area (TPSA) is 49.4 Å². The molecule has 2 aromatic rings. The third-order valence-electron chi connectivity index (χ3n) is 5.62. The largest absolute Gasteiger partial charge is 0.352 e. The van der Waals surface area contributed by atoms with Gasteiger partial charge in [0.2, 0.25) is 11.8 Å². The number of carbonyl (C=O) groups excluding carboxylic acids is 2. The molecule has 0 saturated heterocycles. The van der Waals surface area contributed by atoms with E-state index >= 15 is 0 Å². The maximum atomic E-state index is 13.2. The molecule has 0 radical (unpaired) electrons. The fraction of sp³-hybridized carbons (Fsp3) is 0.462. The molecular weight excluding hydrogens is 404 g/mol. The van der Waals surface area contributed by atoms with Crippen LogP contribution in [0.4, 0.5) is 0 Å². The average molecular weight is 441 g/mol. The fourth-order valence-electron chi connectivity index (χ4n) is 3.44. The number of carbonyl (C=O) groups is 2. The normalized spacial score (nSPS) is 12.8. The minimum absolute atomic E-state index is 0.0284. The SMILES string of the molecule is CC[C@@H](C)NC(=O)[C@H](CC)N(CCc1ccccc1)C(=O)CSCc1ccccc1C. The third kappa shape index (κ3) is 8.06. The third-order valence-corrected chi connectivity index (χ3v) is 6.58. The van der Waals surface area contributed by atoms with Gasteiger partial charge in [-0.1, -0.05) is 68.4 Å². The summed E-state index contributed by atoms with van der Waals surface area (Å²) in [5.41, 5.74) is 3.66. The Bertz CT molecular complexity index is 825. The molecule has 5 heteroatoms. The molecule has 4 nitrogen and oxygen atoms in total. The van der Waals surface area contributed by atoms with Crippen LogP contribution in [0.2, 0.25) is 0 Å². The van der Waals surface area contributed by atoms with E-state index in [1.165, 1.54) is 16.7 Å². The van der Waals surface area contributed by atoms with Crippen LogP contribution in [0.25, 0.3) is 0 Å². The van der Waals surface area contributed by atoms with Crippen LogP contribution in [0.3, 0.4) is 0 Å². The van der Waals surface area contributed by atoms with Gasteiger partial charge in [0.25, 0.3) is 0 Å². The van der Waals surface area contributed by atoms with Crippen LogP contribution in [0, 0.1) is 6.92 Å². The van der Waals surface area contributed by atoms with E-state index in [2.05, 4.69) is 36.5 Å². The Labute approximate surface area is 191 Å². The monoisotopic (exact) mass is 440 g/mol. The summed E-state index contributed by atoms with van der Waals surface area (Å²) in [6.07, 6.45) is 2.21. The highest BCUT2D eigenvalue weighted by Gasteiger charge is 2.28. The van der Waals surface area contributed by atoms with Crippen molar-refractivity contribution in [1.29, 1.82) is 0 Å². The molecule has 0 saturated carbocycles. The van der Waals surface area contributed by atoms with Crippen molar-refractivity contribution in [2.45, 2.75) is 64.8 Å². The Balaban J connectivity index is 2.07. The first kappa shape index (κ1) is 25.0. The lowest BCUT2D eigenvalue weighted by atomic mass is 10.1. The number of rotatable bonds is 12. The Morgan fingerprint density at radius 3 is 2.32 bits per heavy atom. The van der Waals surface area contributed by atoms with Gasteiger partial charge in [-0.3, -0.25) is 9.59 Å². The molecule has 0 aliphatic rings. The second kappa shape index (κ2) is 13.2. The summed E-state index contributed by atoms with van der Waals surface area (Å²) in [7, 11) is 0. The van der Waals surface area contributed by atoms with Crippen molar-refractivity contribution in [3.05, 3.63) is 71.3 Å². The summed E-state index contributed by atoms with van der Waals surface area (Å²) >= 11 is 1.61. The van der Waals surface area contributed by atoms with E-state index in [0.717, 1.165) is 18.6 Å². The molecule has 0 spiro atoms. The van der Waals surface area contributed by atoms with Gasteiger partial charge in [-0.2, -0.15) is 0 Å².